The number of hydrogen-bond donors (Lipinski definition) is 1. The summed E-state index contributed by atoms with van der Waals surface area (Å²) in [6, 6.07) is 20.0. The summed E-state index contributed by atoms with van der Waals surface area (Å²) < 4.78 is 10.6. The van der Waals surface area contributed by atoms with E-state index in [9.17, 15) is 14.4 Å². The summed E-state index contributed by atoms with van der Waals surface area (Å²) in [4.78, 5) is 37.3. The Labute approximate surface area is 210 Å². The van der Waals surface area contributed by atoms with Crippen LogP contribution in [0.15, 0.2) is 88.1 Å². The predicted molar refractivity (Wildman–Crippen MR) is 136 cm³/mol. The van der Waals surface area contributed by atoms with Gasteiger partial charge in [0.05, 0.1) is 16.1 Å². The van der Waals surface area contributed by atoms with Crippen molar-refractivity contribution in [2.45, 2.75) is 13.0 Å². The average Bonchev–Trinajstić information content (AvgIpc) is 2.84. The summed E-state index contributed by atoms with van der Waals surface area (Å²) in [5.41, 5.74) is 0.855. The number of esters is 1. The van der Waals surface area contributed by atoms with Gasteiger partial charge in [0.15, 0.2) is 0 Å². The number of hydrogen-bond acceptors (Lipinski definition) is 5. The zero-order valence-electron chi connectivity index (χ0n) is 18.5. The van der Waals surface area contributed by atoms with E-state index in [4.69, 9.17) is 32.4 Å². The predicted octanol–water partition coefficient (Wildman–Crippen LogP) is 6.21. The molecule has 0 fully saturated rings. The standard InChI is InChI=1S/C27H19Cl2NO5/c1-16(18-5-3-2-4-6-18)30-26(32)21-14-19-9-10-20(15-24(19)35-27(21)33)34-25(31)12-8-17-7-11-22(28)23(29)13-17/h2-16H,1H3,(H,30,32)/b12-8+. The largest absolute Gasteiger partial charge is 0.423 e. The molecule has 0 spiro atoms. The lowest BCUT2D eigenvalue weighted by atomic mass is 10.1. The SMILES string of the molecule is CC(NC(=O)c1cc2ccc(OC(=O)/C=C/c3ccc(Cl)c(Cl)c3)cc2oc1=O)c1ccccc1. The van der Waals surface area contributed by atoms with Crippen molar-refractivity contribution in [3.8, 4) is 5.75 Å². The van der Waals surface area contributed by atoms with Crippen LogP contribution in [0, 0.1) is 0 Å². The second kappa shape index (κ2) is 10.6. The molecule has 176 valence electrons. The molecule has 0 aliphatic heterocycles. The second-order valence-corrected chi connectivity index (χ2v) is 8.50. The van der Waals surface area contributed by atoms with Gasteiger partial charge in [-0.15, -0.1) is 0 Å². The van der Waals surface area contributed by atoms with Gasteiger partial charge in [-0.2, -0.15) is 0 Å². The number of carbonyl (C=O) groups is 2. The molecule has 0 aliphatic rings. The number of fused-ring (bicyclic) bond motifs is 1. The fraction of sp³-hybridized carbons (Fsp3) is 0.0741. The highest BCUT2D eigenvalue weighted by Gasteiger charge is 2.17. The van der Waals surface area contributed by atoms with E-state index in [0.29, 0.717) is 21.0 Å². The highest BCUT2D eigenvalue weighted by Crippen LogP contribution is 2.24. The van der Waals surface area contributed by atoms with Crippen LogP contribution in [0.1, 0.15) is 34.5 Å². The molecule has 0 radical (unpaired) electrons. The van der Waals surface area contributed by atoms with Gasteiger partial charge in [-0.25, -0.2) is 9.59 Å². The first-order chi connectivity index (χ1) is 16.8. The van der Waals surface area contributed by atoms with Crippen molar-refractivity contribution in [3.63, 3.8) is 0 Å². The molecule has 35 heavy (non-hydrogen) atoms. The van der Waals surface area contributed by atoms with E-state index in [2.05, 4.69) is 5.32 Å². The Bertz CT molecular complexity index is 1490. The number of carbonyl (C=O) groups excluding carboxylic acids is 2. The van der Waals surface area contributed by atoms with Gasteiger partial charge in [0.25, 0.3) is 5.91 Å². The molecule has 1 N–H and O–H groups in total. The quantitative estimate of drug-likeness (QED) is 0.145. The topological polar surface area (TPSA) is 85.6 Å². The maximum absolute atomic E-state index is 12.7. The highest BCUT2D eigenvalue weighted by atomic mass is 35.5. The number of ether oxygens (including phenoxy) is 1. The highest BCUT2D eigenvalue weighted by molar-refractivity contribution is 6.42. The van der Waals surface area contributed by atoms with Crippen molar-refractivity contribution >= 4 is 52.1 Å². The summed E-state index contributed by atoms with van der Waals surface area (Å²) in [7, 11) is 0. The van der Waals surface area contributed by atoms with Crippen LogP contribution in [-0.2, 0) is 4.79 Å². The number of benzene rings is 3. The Balaban J connectivity index is 1.47. The minimum absolute atomic E-state index is 0.116. The Morgan fingerprint density at radius 2 is 1.74 bits per heavy atom. The van der Waals surface area contributed by atoms with Crippen molar-refractivity contribution < 1.29 is 18.7 Å². The lowest BCUT2D eigenvalue weighted by molar-refractivity contribution is -0.128. The Morgan fingerprint density at radius 3 is 2.49 bits per heavy atom. The first-order valence-electron chi connectivity index (χ1n) is 10.6. The minimum Gasteiger partial charge on any atom is -0.423 e. The van der Waals surface area contributed by atoms with Gasteiger partial charge < -0.3 is 14.5 Å². The Kier molecular flexibility index (Phi) is 7.34. The average molecular weight is 508 g/mol. The Hall–Kier alpha value is -3.87. The molecule has 1 atom stereocenters. The van der Waals surface area contributed by atoms with Crippen LogP contribution in [0.2, 0.25) is 10.0 Å². The van der Waals surface area contributed by atoms with Gasteiger partial charge in [-0.1, -0.05) is 59.6 Å². The zero-order valence-corrected chi connectivity index (χ0v) is 20.0. The monoisotopic (exact) mass is 507 g/mol. The maximum atomic E-state index is 12.7. The molecule has 1 unspecified atom stereocenters. The number of nitrogens with one attached hydrogen (secondary N) is 1. The van der Waals surface area contributed by atoms with E-state index in [-0.39, 0.29) is 22.9 Å². The van der Waals surface area contributed by atoms with E-state index < -0.39 is 17.5 Å². The fourth-order valence-electron chi connectivity index (χ4n) is 3.34. The van der Waals surface area contributed by atoms with Crippen LogP contribution < -0.4 is 15.7 Å². The number of amides is 1. The van der Waals surface area contributed by atoms with Crippen LogP contribution >= 0.6 is 23.2 Å². The number of rotatable bonds is 6. The smallest absolute Gasteiger partial charge is 0.349 e. The summed E-state index contributed by atoms with van der Waals surface area (Å²) in [6.45, 7) is 1.83. The zero-order chi connectivity index (χ0) is 24.9. The summed E-state index contributed by atoms with van der Waals surface area (Å²) >= 11 is 11.9. The van der Waals surface area contributed by atoms with Gasteiger partial charge >= 0.3 is 11.6 Å². The van der Waals surface area contributed by atoms with E-state index >= 15 is 0 Å². The molecule has 4 aromatic rings. The van der Waals surface area contributed by atoms with Crippen LogP contribution in [-0.4, -0.2) is 11.9 Å². The summed E-state index contributed by atoms with van der Waals surface area (Å²) in [6.07, 6.45) is 2.77. The maximum Gasteiger partial charge on any atom is 0.349 e. The van der Waals surface area contributed by atoms with Crippen LogP contribution in [0.3, 0.4) is 0 Å². The molecule has 0 saturated heterocycles. The lowest BCUT2D eigenvalue weighted by Crippen LogP contribution is -2.30. The molecule has 8 heteroatoms. The second-order valence-electron chi connectivity index (χ2n) is 7.68. The molecular formula is C27H19Cl2NO5. The summed E-state index contributed by atoms with van der Waals surface area (Å²) in [5.74, 6) is -0.997. The van der Waals surface area contributed by atoms with Crippen molar-refractivity contribution in [3.05, 3.63) is 116 Å². The summed E-state index contributed by atoms with van der Waals surface area (Å²) in [5, 5.41) is 4.09. The number of halogens is 2. The molecule has 3 aromatic carbocycles. The van der Waals surface area contributed by atoms with Crippen LogP contribution in [0.5, 0.6) is 5.75 Å². The van der Waals surface area contributed by atoms with Gasteiger partial charge in [0, 0.05) is 17.5 Å². The first kappa shape index (κ1) is 24.3. The van der Waals surface area contributed by atoms with Crippen LogP contribution in [0.4, 0.5) is 0 Å². The van der Waals surface area contributed by atoms with Gasteiger partial charge in [0.1, 0.15) is 16.9 Å². The van der Waals surface area contributed by atoms with E-state index in [0.717, 1.165) is 5.56 Å². The molecule has 1 amide bonds. The van der Waals surface area contributed by atoms with E-state index in [1.807, 2.05) is 37.3 Å². The minimum atomic E-state index is -0.793. The fourth-order valence-corrected chi connectivity index (χ4v) is 3.65. The van der Waals surface area contributed by atoms with Crippen molar-refractivity contribution in [2.75, 3.05) is 0 Å². The molecule has 6 nitrogen and oxygen atoms in total. The molecule has 0 aliphatic carbocycles. The Morgan fingerprint density at radius 1 is 0.971 bits per heavy atom. The molecule has 0 saturated carbocycles. The van der Waals surface area contributed by atoms with E-state index in [1.165, 1.54) is 24.3 Å². The van der Waals surface area contributed by atoms with Crippen molar-refractivity contribution in [1.29, 1.82) is 0 Å². The van der Waals surface area contributed by atoms with Gasteiger partial charge in [-0.3, -0.25) is 4.79 Å². The van der Waals surface area contributed by atoms with Crippen LogP contribution in [0.25, 0.3) is 17.0 Å². The molecule has 1 heterocycles. The lowest BCUT2D eigenvalue weighted by Gasteiger charge is -2.14. The third-order valence-electron chi connectivity index (χ3n) is 5.17. The van der Waals surface area contributed by atoms with Crippen molar-refractivity contribution in [2.24, 2.45) is 0 Å². The van der Waals surface area contributed by atoms with E-state index in [1.54, 1.807) is 30.3 Å². The molecule has 1 aromatic heterocycles. The van der Waals surface area contributed by atoms with Gasteiger partial charge in [-0.05, 0) is 54.5 Å². The first-order valence-corrected chi connectivity index (χ1v) is 11.3. The van der Waals surface area contributed by atoms with Crippen molar-refractivity contribution in [1.82, 2.24) is 5.32 Å². The molecule has 4 rings (SSSR count). The molecule has 0 bridgehead atoms. The molecular weight excluding hydrogens is 489 g/mol. The van der Waals surface area contributed by atoms with Gasteiger partial charge in [0.2, 0.25) is 0 Å². The normalized spacial score (nSPS) is 12.0. The third-order valence-corrected chi connectivity index (χ3v) is 5.91. The third kappa shape index (κ3) is 5.98.